The van der Waals surface area contributed by atoms with Gasteiger partial charge in [0.05, 0.1) is 12.6 Å². The number of rotatable bonds is 3. The van der Waals surface area contributed by atoms with Crippen LogP contribution in [0.4, 0.5) is 0 Å². The van der Waals surface area contributed by atoms with E-state index in [1.165, 1.54) is 5.56 Å². The first kappa shape index (κ1) is 16.3. The molecule has 1 aliphatic rings. The standard InChI is InChI=1S/C20H20BrNO/c21-18-9-4-8-17(14-18)20(22-13-5-10-19(22)15-23)12-11-16-6-2-1-3-7-16/h1-4,6-9,14,19-20,23H,5,10,13,15H2/t19-,20+/m0/s1. The first-order valence-electron chi connectivity index (χ1n) is 7.96. The molecule has 0 unspecified atom stereocenters. The Morgan fingerprint density at radius 1 is 1.17 bits per heavy atom. The minimum absolute atomic E-state index is 0.00681. The van der Waals surface area contributed by atoms with Crippen molar-refractivity contribution < 1.29 is 5.11 Å². The van der Waals surface area contributed by atoms with Crippen molar-refractivity contribution in [1.82, 2.24) is 4.90 Å². The molecule has 0 aliphatic carbocycles. The maximum Gasteiger partial charge on any atom is 0.0978 e. The van der Waals surface area contributed by atoms with E-state index in [1.807, 2.05) is 42.5 Å². The number of aliphatic hydroxyl groups excluding tert-OH is 1. The summed E-state index contributed by atoms with van der Waals surface area (Å²) in [4.78, 5) is 2.33. The number of halogens is 1. The second kappa shape index (κ2) is 7.79. The highest BCUT2D eigenvalue weighted by atomic mass is 79.9. The molecule has 0 spiro atoms. The Balaban J connectivity index is 1.95. The van der Waals surface area contributed by atoms with E-state index in [4.69, 9.17) is 0 Å². The summed E-state index contributed by atoms with van der Waals surface area (Å²) in [5, 5.41) is 9.67. The molecule has 2 aromatic rings. The van der Waals surface area contributed by atoms with Gasteiger partial charge in [-0.1, -0.05) is 58.1 Å². The highest BCUT2D eigenvalue weighted by molar-refractivity contribution is 9.10. The SMILES string of the molecule is OC[C@@H]1CCCN1[C@H](C#Cc1ccccc1)c1cccc(Br)c1. The molecule has 1 heterocycles. The third kappa shape index (κ3) is 4.03. The lowest BCUT2D eigenvalue weighted by Crippen LogP contribution is -2.35. The van der Waals surface area contributed by atoms with E-state index in [0.717, 1.165) is 29.4 Å². The van der Waals surface area contributed by atoms with Crippen LogP contribution in [-0.2, 0) is 0 Å². The minimum Gasteiger partial charge on any atom is -0.395 e. The van der Waals surface area contributed by atoms with Crippen LogP contribution in [0.5, 0.6) is 0 Å². The van der Waals surface area contributed by atoms with Crippen molar-refractivity contribution in [1.29, 1.82) is 0 Å². The van der Waals surface area contributed by atoms with Crippen LogP contribution in [0.3, 0.4) is 0 Å². The molecule has 118 valence electrons. The fraction of sp³-hybridized carbons (Fsp3) is 0.300. The van der Waals surface area contributed by atoms with Crippen LogP contribution in [0.2, 0.25) is 0 Å². The summed E-state index contributed by atoms with van der Waals surface area (Å²) in [5.41, 5.74) is 2.19. The molecule has 0 saturated carbocycles. The summed E-state index contributed by atoms with van der Waals surface area (Å²) in [5.74, 6) is 6.73. The van der Waals surface area contributed by atoms with Crippen LogP contribution in [0, 0.1) is 11.8 Å². The molecule has 2 atom stereocenters. The Bertz CT molecular complexity index is 704. The minimum atomic E-state index is 0.00681. The second-order valence-corrected chi connectivity index (χ2v) is 6.73. The molecule has 3 rings (SSSR count). The third-order valence-corrected chi connectivity index (χ3v) is 4.75. The van der Waals surface area contributed by atoms with Gasteiger partial charge in [-0.15, -0.1) is 0 Å². The van der Waals surface area contributed by atoms with Gasteiger partial charge in [-0.05, 0) is 42.7 Å². The van der Waals surface area contributed by atoms with Gasteiger partial charge >= 0.3 is 0 Å². The van der Waals surface area contributed by atoms with E-state index in [0.29, 0.717) is 0 Å². The van der Waals surface area contributed by atoms with Gasteiger partial charge in [0, 0.05) is 22.6 Å². The van der Waals surface area contributed by atoms with Crippen molar-refractivity contribution in [2.75, 3.05) is 13.2 Å². The van der Waals surface area contributed by atoms with Crippen LogP contribution >= 0.6 is 15.9 Å². The van der Waals surface area contributed by atoms with E-state index < -0.39 is 0 Å². The molecular formula is C20H20BrNO. The number of hydrogen-bond acceptors (Lipinski definition) is 2. The number of nitrogens with zero attached hydrogens (tertiary/aromatic N) is 1. The largest absolute Gasteiger partial charge is 0.395 e. The Labute approximate surface area is 146 Å². The Morgan fingerprint density at radius 3 is 2.74 bits per heavy atom. The number of likely N-dealkylation sites (tertiary alicyclic amines) is 1. The maximum absolute atomic E-state index is 9.67. The fourth-order valence-corrected chi connectivity index (χ4v) is 3.52. The molecule has 1 aliphatic heterocycles. The topological polar surface area (TPSA) is 23.5 Å². The van der Waals surface area contributed by atoms with Crippen molar-refractivity contribution in [2.24, 2.45) is 0 Å². The Kier molecular flexibility index (Phi) is 5.51. The fourth-order valence-electron chi connectivity index (χ4n) is 3.10. The van der Waals surface area contributed by atoms with Crippen molar-refractivity contribution in [2.45, 2.75) is 24.9 Å². The zero-order chi connectivity index (χ0) is 16.1. The highest BCUT2D eigenvalue weighted by Crippen LogP contribution is 2.30. The van der Waals surface area contributed by atoms with E-state index in [9.17, 15) is 5.11 Å². The lowest BCUT2D eigenvalue weighted by atomic mass is 10.0. The molecule has 1 fully saturated rings. The summed E-state index contributed by atoms with van der Waals surface area (Å²) in [6.45, 7) is 1.17. The predicted octanol–water partition coefficient (Wildman–Crippen LogP) is 4.00. The summed E-state index contributed by atoms with van der Waals surface area (Å²) in [6, 6.07) is 18.6. The summed E-state index contributed by atoms with van der Waals surface area (Å²) in [6.07, 6.45) is 2.15. The van der Waals surface area contributed by atoms with Gasteiger partial charge in [0.1, 0.15) is 0 Å². The van der Waals surface area contributed by atoms with Gasteiger partial charge in [0.25, 0.3) is 0 Å². The van der Waals surface area contributed by atoms with Gasteiger partial charge in [-0.2, -0.15) is 0 Å². The molecule has 3 heteroatoms. The van der Waals surface area contributed by atoms with Crippen LogP contribution in [0.25, 0.3) is 0 Å². The Morgan fingerprint density at radius 2 is 2.00 bits per heavy atom. The van der Waals surface area contributed by atoms with Crippen molar-refractivity contribution >= 4 is 15.9 Å². The Hall–Kier alpha value is -1.60. The maximum atomic E-state index is 9.67. The molecule has 1 saturated heterocycles. The average Bonchev–Trinajstić information content (AvgIpc) is 3.05. The van der Waals surface area contributed by atoms with Gasteiger partial charge < -0.3 is 5.11 Å². The lowest BCUT2D eigenvalue weighted by molar-refractivity contribution is 0.140. The molecule has 0 radical (unpaired) electrons. The molecule has 1 N–H and O–H groups in total. The monoisotopic (exact) mass is 369 g/mol. The normalized spacial score (nSPS) is 19.1. The van der Waals surface area contributed by atoms with E-state index in [1.54, 1.807) is 0 Å². The van der Waals surface area contributed by atoms with Gasteiger partial charge in [-0.3, -0.25) is 4.90 Å². The zero-order valence-corrected chi connectivity index (χ0v) is 14.5. The van der Waals surface area contributed by atoms with E-state index >= 15 is 0 Å². The number of aliphatic hydroxyl groups is 1. The zero-order valence-electron chi connectivity index (χ0n) is 13.0. The predicted molar refractivity (Wildman–Crippen MR) is 97.0 cm³/mol. The molecule has 0 amide bonds. The van der Waals surface area contributed by atoms with E-state index in [-0.39, 0.29) is 18.7 Å². The molecule has 23 heavy (non-hydrogen) atoms. The van der Waals surface area contributed by atoms with Crippen LogP contribution < -0.4 is 0 Å². The lowest BCUT2D eigenvalue weighted by Gasteiger charge is -2.29. The highest BCUT2D eigenvalue weighted by Gasteiger charge is 2.30. The van der Waals surface area contributed by atoms with Crippen molar-refractivity contribution in [3.05, 3.63) is 70.2 Å². The smallest absolute Gasteiger partial charge is 0.0978 e. The van der Waals surface area contributed by atoms with Crippen LogP contribution in [0.1, 0.15) is 30.0 Å². The van der Waals surface area contributed by atoms with Crippen molar-refractivity contribution in [3.8, 4) is 11.8 Å². The number of benzene rings is 2. The quantitative estimate of drug-likeness (QED) is 0.826. The van der Waals surface area contributed by atoms with Gasteiger partial charge in [0.2, 0.25) is 0 Å². The summed E-state index contributed by atoms with van der Waals surface area (Å²) in [7, 11) is 0. The summed E-state index contributed by atoms with van der Waals surface area (Å²) >= 11 is 3.55. The van der Waals surface area contributed by atoms with Crippen molar-refractivity contribution in [3.63, 3.8) is 0 Å². The molecule has 2 nitrogen and oxygen atoms in total. The molecule has 0 aromatic heterocycles. The molecule has 0 bridgehead atoms. The first-order valence-corrected chi connectivity index (χ1v) is 8.76. The third-order valence-electron chi connectivity index (χ3n) is 4.26. The van der Waals surface area contributed by atoms with Gasteiger partial charge in [-0.25, -0.2) is 0 Å². The average molecular weight is 370 g/mol. The molecule has 2 aromatic carbocycles. The van der Waals surface area contributed by atoms with Gasteiger partial charge in [0.15, 0.2) is 0 Å². The number of hydrogen-bond donors (Lipinski definition) is 1. The van der Waals surface area contributed by atoms with E-state index in [2.05, 4.69) is 44.8 Å². The molecular weight excluding hydrogens is 350 g/mol. The van der Waals surface area contributed by atoms with Crippen LogP contribution in [-0.4, -0.2) is 29.2 Å². The first-order chi connectivity index (χ1) is 11.3. The second-order valence-electron chi connectivity index (χ2n) is 5.81. The summed E-state index contributed by atoms with van der Waals surface area (Å²) < 4.78 is 1.06. The van der Waals surface area contributed by atoms with Crippen LogP contribution in [0.15, 0.2) is 59.1 Å².